The smallest absolute Gasteiger partial charge is 0.308 e. The summed E-state index contributed by atoms with van der Waals surface area (Å²) in [6, 6.07) is 4.40. The van der Waals surface area contributed by atoms with Crippen molar-refractivity contribution in [3.63, 3.8) is 0 Å². The average Bonchev–Trinajstić information content (AvgIpc) is 2.52. The lowest BCUT2D eigenvalue weighted by Gasteiger charge is -2.09. The van der Waals surface area contributed by atoms with Crippen LogP contribution in [0.25, 0.3) is 10.9 Å². The Morgan fingerprint density at radius 1 is 1.50 bits per heavy atom. The molecule has 8 nitrogen and oxygen atoms in total. The Hall–Kier alpha value is -3.03. The quantitative estimate of drug-likeness (QED) is 0.265. The maximum Gasteiger partial charge on any atom is 0.308 e. The van der Waals surface area contributed by atoms with E-state index in [1.54, 1.807) is 12.1 Å². The first-order valence-electron chi connectivity index (χ1n) is 7.30. The van der Waals surface area contributed by atoms with Crippen LogP contribution in [-0.2, 0) is 9.63 Å². The maximum absolute atomic E-state index is 11.4. The van der Waals surface area contributed by atoms with Crippen LogP contribution in [0.2, 0.25) is 0 Å². The zero-order chi connectivity index (χ0) is 17.7. The van der Waals surface area contributed by atoms with Gasteiger partial charge in [0, 0.05) is 24.8 Å². The molecule has 0 N–H and O–H groups in total. The second-order valence-corrected chi connectivity index (χ2v) is 5.49. The zero-order valence-corrected chi connectivity index (χ0v) is 13.6. The topological polar surface area (TPSA) is 104 Å². The van der Waals surface area contributed by atoms with Gasteiger partial charge in [0.05, 0.1) is 16.5 Å². The molecular weight excluding hydrogens is 314 g/mol. The number of nitro benzene ring substituents is 1. The number of carbonyl (C=O) groups excluding carboxylic acids is 1. The third kappa shape index (κ3) is 4.03. The molecule has 0 aliphatic carbocycles. The highest BCUT2D eigenvalue weighted by Gasteiger charge is 2.21. The zero-order valence-electron chi connectivity index (χ0n) is 13.6. The Bertz CT molecular complexity index is 802. The van der Waals surface area contributed by atoms with E-state index in [0.29, 0.717) is 6.61 Å². The summed E-state index contributed by atoms with van der Waals surface area (Å²) in [4.78, 5) is 31.4. The predicted molar refractivity (Wildman–Crippen MR) is 88.1 cm³/mol. The summed E-state index contributed by atoms with van der Waals surface area (Å²) < 4.78 is 5.20. The van der Waals surface area contributed by atoms with Crippen molar-refractivity contribution in [2.45, 2.75) is 20.8 Å². The Morgan fingerprint density at radius 3 is 2.88 bits per heavy atom. The van der Waals surface area contributed by atoms with Crippen molar-refractivity contribution in [3.8, 4) is 5.75 Å². The number of aromatic nitrogens is 1. The number of rotatable bonds is 6. The first-order chi connectivity index (χ1) is 11.4. The Balaban J connectivity index is 2.58. The molecule has 0 spiro atoms. The number of hydrogen-bond donors (Lipinski definition) is 0. The van der Waals surface area contributed by atoms with Crippen LogP contribution in [0, 0.1) is 16.0 Å². The number of nitro groups is 1. The van der Waals surface area contributed by atoms with Gasteiger partial charge in [0.15, 0.2) is 5.75 Å². The average molecular weight is 331 g/mol. The third-order valence-corrected chi connectivity index (χ3v) is 2.97. The molecule has 1 heterocycles. The molecule has 0 amide bonds. The fraction of sp³-hybridized carbons (Fsp3) is 0.312. The standard InChI is InChI=1S/C16H17N3O5/c1-10(2)9-23-18-8-12-7-14(19(21)22)13-5-4-6-17-15(13)16(12)24-11(3)20/h4-8,10H,9H2,1-3H3/b18-8+. The lowest BCUT2D eigenvalue weighted by atomic mass is 10.1. The van der Waals surface area contributed by atoms with Gasteiger partial charge in [-0.2, -0.15) is 0 Å². The highest BCUT2D eigenvalue weighted by atomic mass is 16.6. The minimum Gasteiger partial charge on any atom is -0.424 e. The molecular formula is C16H17N3O5. The molecule has 0 aliphatic rings. The summed E-state index contributed by atoms with van der Waals surface area (Å²) in [7, 11) is 0. The number of pyridine rings is 1. The molecule has 0 saturated heterocycles. The minimum absolute atomic E-state index is 0.112. The van der Waals surface area contributed by atoms with E-state index in [2.05, 4.69) is 10.1 Å². The van der Waals surface area contributed by atoms with Crippen molar-refractivity contribution in [1.82, 2.24) is 4.98 Å². The first kappa shape index (κ1) is 17.3. The molecule has 2 aromatic rings. The molecule has 0 unspecified atom stereocenters. The SMILES string of the molecule is CC(=O)Oc1c(/C=N/OCC(C)C)cc([N+](=O)[O-])c2cccnc12. The lowest BCUT2D eigenvalue weighted by molar-refractivity contribution is -0.383. The van der Waals surface area contributed by atoms with E-state index in [0.717, 1.165) is 0 Å². The minimum atomic E-state index is -0.562. The summed E-state index contributed by atoms with van der Waals surface area (Å²) in [5.74, 6) is -0.170. The third-order valence-electron chi connectivity index (χ3n) is 2.97. The van der Waals surface area contributed by atoms with Crippen LogP contribution in [0.4, 0.5) is 5.69 Å². The fourth-order valence-corrected chi connectivity index (χ4v) is 2.00. The van der Waals surface area contributed by atoms with Crippen molar-refractivity contribution in [2.24, 2.45) is 11.1 Å². The number of carbonyl (C=O) groups is 1. The molecule has 8 heteroatoms. The molecule has 2 rings (SSSR count). The number of benzene rings is 1. The Kier molecular flexibility index (Phi) is 5.41. The van der Waals surface area contributed by atoms with Crippen molar-refractivity contribution in [3.05, 3.63) is 40.1 Å². The Morgan fingerprint density at radius 2 is 2.25 bits per heavy atom. The molecule has 126 valence electrons. The van der Waals surface area contributed by atoms with Gasteiger partial charge in [-0.25, -0.2) is 0 Å². The van der Waals surface area contributed by atoms with Crippen LogP contribution in [0.15, 0.2) is 29.6 Å². The molecule has 1 aromatic heterocycles. The van der Waals surface area contributed by atoms with Gasteiger partial charge < -0.3 is 9.57 Å². The van der Waals surface area contributed by atoms with Gasteiger partial charge in [-0.15, -0.1) is 0 Å². The summed E-state index contributed by atoms with van der Waals surface area (Å²) in [6.07, 6.45) is 2.75. The van der Waals surface area contributed by atoms with E-state index >= 15 is 0 Å². The van der Waals surface area contributed by atoms with E-state index in [-0.39, 0.29) is 33.8 Å². The number of nitrogens with zero attached hydrogens (tertiary/aromatic N) is 3. The number of fused-ring (bicyclic) bond motifs is 1. The van der Waals surface area contributed by atoms with Gasteiger partial charge in [-0.05, 0) is 18.1 Å². The van der Waals surface area contributed by atoms with Gasteiger partial charge >= 0.3 is 5.97 Å². The summed E-state index contributed by atoms with van der Waals surface area (Å²) in [5.41, 5.74) is 0.304. The van der Waals surface area contributed by atoms with E-state index < -0.39 is 10.9 Å². The number of oxime groups is 1. The molecule has 0 radical (unpaired) electrons. The van der Waals surface area contributed by atoms with Crippen molar-refractivity contribution < 1.29 is 19.3 Å². The number of ether oxygens (including phenoxy) is 1. The lowest BCUT2D eigenvalue weighted by Crippen LogP contribution is -2.06. The fourth-order valence-electron chi connectivity index (χ4n) is 2.00. The normalized spacial score (nSPS) is 11.2. The largest absolute Gasteiger partial charge is 0.424 e. The van der Waals surface area contributed by atoms with Crippen LogP contribution in [0.5, 0.6) is 5.75 Å². The molecule has 0 saturated carbocycles. The second-order valence-electron chi connectivity index (χ2n) is 5.49. The van der Waals surface area contributed by atoms with Crippen molar-refractivity contribution in [2.75, 3.05) is 6.61 Å². The van der Waals surface area contributed by atoms with E-state index in [1.807, 2.05) is 13.8 Å². The molecule has 0 fully saturated rings. The Labute approximate surface area is 138 Å². The summed E-state index contributed by atoms with van der Waals surface area (Å²) in [5, 5.41) is 15.4. The molecule has 1 aromatic carbocycles. The molecule has 0 bridgehead atoms. The van der Waals surface area contributed by atoms with Gasteiger partial charge in [-0.3, -0.25) is 19.9 Å². The number of esters is 1. The highest BCUT2D eigenvalue weighted by Crippen LogP contribution is 2.34. The first-order valence-corrected chi connectivity index (χ1v) is 7.30. The maximum atomic E-state index is 11.4. The molecule has 24 heavy (non-hydrogen) atoms. The molecule has 0 aliphatic heterocycles. The predicted octanol–water partition coefficient (Wildman–Crippen LogP) is 3.07. The van der Waals surface area contributed by atoms with Crippen molar-refractivity contribution in [1.29, 1.82) is 0 Å². The van der Waals surface area contributed by atoms with Crippen LogP contribution in [-0.4, -0.2) is 28.7 Å². The van der Waals surface area contributed by atoms with Gasteiger partial charge in [0.25, 0.3) is 5.69 Å². The van der Waals surface area contributed by atoms with E-state index in [4.69, 9.17) is 9.57 Å². The van der Waals surface area contributed by atoms with Gasteiger partial charge in [-0.1, -0.05) is 19.0 Å². The summed E-state index contributed by atoms with van der Waals surface area (Å²) in [6.45, 7) is 5.56. The van der Waals surface area contributed by atoms with Crippen LogP contribution in [0.3, 0.4) is 0 Å². The van der Waals surface area contributed by atoms with E-state index in [9.17, 15) is 14.9 Å². The second kappa shape index (κ2) is 7.49. The monoisotopic (exact) mass is 331 g/mol. The van der Waals surface area contributed by atoms with Crippen molar-refractivity contribution >= 4 is 28.8 Å². The van der Waals surface area contributed by atoms with Gasteiger partial charge in [0.2, 0.25) is 0 Å². The van der Waals surface area contributed by atoms with Gasteiger partial charge in [0.1, 0.15) is 12.1 Å². The number of non-ortho nitro benzene ring substituents is 1. The van der Waals surface area contributed by atoms with Crippen LogP contribution >= 0.6 is 0 Å². The van der Waals surface area contributed by atoms with Crippen LogP contribution in [0.1, 0.15) is 26.3 Å². The van der Waals surface area contributed by atoms with Crippen LogP contribution < -0.4 is 4.74 Å². The highest BCUT2D eigenvalue weighted by molar-refractivity contribution is 6.01. The molecule has 0 atom stereocenters. The van der Waals surface area contributed by atoms with E-state index in [1.165, 1.54) is 25.4 Å². The number of hydrogen-bond acceptors (Lipinski definition) is 7. The summed E-state index contributed by atoms with van der Waals surface area (Å²) >= 11 is 0.